The van der Waals surface area contributed by atoms with Crippen molar-refractivity contribution in [3.63, 3.8) is 0 Å². The zero-order chi connectivity index (χ0) is 23.9. The normalized spacial score (nSPS) is 13.2. The first-order valence-corrected chi connectivity index (χ1v) is 10.6. The van der Waals surface area contributed by atoms with Gasteiger partial charge < -0.3 is 9.88 Å². The van der Waals surface area contributed by atoms with Gasteiger partial charge in [0.1, 0.15) is 5.69 Å². The van der Waals surface area contributed by atoms with Crippen LogP contribution in [0.1, 0.15) is 63.1 Å². The first kappa shape index (κ1) is 22.5. The summed E-state index contributed by atoms with van der Waals surface area (Å²) in [5, 5.41) is 10.6. The van der Waals surface area contributed by atoms with Gasteiger partial charge in [0.25, 0.3) is 5.91 Å². The maximum atomic E-state index is 13.5. The molecule has 10 heteroatoms. The summed E-state index contributed by atoms with van der Waals surface area (Å²) in [6.07, 6.45) is 4.21. The van der Waals surface area contributed by atoms with Gasteiger partial charge in [-0.05, 0) is 44.4 Å². The minimum absolute atomic E-state index is 0.0215. The van der Waals surface area contributed by atoms with E-state index in [1.54, 1.807) is 31.8 Å². The summed E-state index contributed by atoms with van der Waals surface area (Å²) < 4.78 is 29.9. The summed E-state index contributed by atoms with van der Waals surface area (Å²) in [6, 6.07) is 3.39. The number of benzene rings is 1. The molecule has 1 saturated carbocycles. The van der Waals surface area contributed by atoms with E-state index in [0.717, 1.165) is 25.0 Å². The standard InChI is InChI=1S/C23H23F2N5O3/c1-12-20(22(32)19(31)9-5-15-11-30(28-27-15)16-6-7-16)13(2)29(3)21(12)23(33)26-14-4-8-17(24)18(25)10-14/h4,8,10-11,16H,5-7,9H2,1-3H3,(H,26,33). The first-order chi connectivity index (χ1) is 15.7. The Kier molecular flexibility index (Phi) is 5.92. The predicted molar refractivity (Wildman–Crippen MR) is 115 cm³/mol. The number of aromatic nitrogens is 4. The third-order valence-corrected chi connectivity index (χ3v) is 5.89. The first-order valence-electron chi connectivity index (χ1n) is 10.6. The van der Waals surface area contributed by atoms with Crippen LogP contribution < -0.4 is 5.32 Å². The average Bonchev–Trinajstić information content (AvgIpc) is 3.47. The monoisotopic (exact) mass is 455 g/mol. The van der Waals surface area contributed by atoms with E-state index in [-0.39, 0.29) is 23.4 Å². The van der Waals surface area contributed by atoms with Crippen molar-refractivity contribution in [3.8, 4) is 0 Å². The summed E-state index contributed by atoms with van der Waals surface area (Å²) >= 11 is 0. The third kappa shape index (κ3) is 4.46. The molecule has 2 aromatic heterocycles. The lowest BCUT2D eigenvalue weighted by Crippen LogP contribution is -2.18. The molecular formula is C23H23F2N5O3. The Morgan fingerprint density at radius 2 is 1.88 bits per heavy atom. The average molecular weight is 455 g/mol. The summed E-state index contributed by atoms with van der Waals surface area (Å²) in [4.78, 5) is 38.4. The molecule has 1 aliphatic rings. The minimum atomic E-state index is -1.09. The van der Waals surface area contributed by atoms with Crippen molar-refractivity contribution in [1.82, 2.24) is 19.6 Å². The fourth-order valence-electron chi connectivity index (χ4n) is 3.84. The maximum Gasteiger partial charge on any atom is 0.272 e. The van der Waals surface area contributed by atoms with Crippen LogP contribution >= 0.6 is 0 Å². The van der Waals surface area contributed by atoms with Gasteiger partial charge in [-0.25, -0.2) is 13.5 Å². The second-order valence-corrected chi connectivity index (χ2v) is 8.25. The number of nitrogens with zero attached hydrogens (tertiary/aromatic N) is 4. The Morgan fingerprint density at radius 3 is 2.55 bits per heavy atom. The van der Waals surface area contributed by atoms with Gasteiger partial charge in [-0.1, -0.05) is 5.21 Å². The quantitative estimate of drug-likeness (QED) is 0.414. The summed E-state index contributed by atoms with van der Waals surface area (Å²) in [6.45, 7) is 3.22. The molecule has 1 amide bonds. The van der Waals surface area contributed by atoms with Crippen LogP contribution in [0.25, 0.3) is 0 Å². The van der Waals surface area contributed by atoms with Gasteiger partial charge in [-0.15, -0.1) is 5.10 Å². The van der Waals surface area contributed by atoms with E-state index in [4.69, 9.17) is 0 Å². The molecule has 0 radical (unpaired) electrons. The van der Waals surface area contributed by atoms with E-state index in [1.165, 1.54) is 10.6 Å². The predicted octanol–water partition coefficient (Wildman–Crippen LogP) is 3.48. The van der Waals surface area contributed by atoms with Crippen molar-refractivity contribution in [2.75, 3.05) is 5.32 Å². The number of ketones is 2. The fourth-order valence-corrected chi connectivity index (χ4v) is 3.84. The number of hydrogen-bond donors (Lipinski definition) is 1. The lowest BCUT2D eigenvalue weighted by atomic mass is 9.99. The fraction of sp³-hybridized carbons (Fsp3) is 0.348. The molecule has 0 atom stereocenters. The highest BCUT2D eigenvalue weighted by Gasteiger charge is 2.29. The third-order valence-electron chi connectivity index (χ3n) is 5.89. The van der Waals surface area contributed by atoms with Gasteiger partial charge in [0.2, 0.25) is 11.6 Å². The van der Waals surface area contributed by atoms with E-state index in [2.05, 4.69) is 15.6 Å². The van der Waals surface area contributed by atoms with Crippen LogP contribution in [0.3, 0.4) is 0 Å². The van der Waals surface area contributed by atoms with E-state index in [9.17, 15) is 23.2 Å². The molecule has 2 heterocycles. The summed E-state index contributed by atoms with van der Waals surface area (Å²) in [5.74, 6) is -3.98. The van der Waals surface area contributed by atoms with Crippen molar-refractivity contribution in [3.05, 3.63) is 64.2 Å². The molecule has 0 saturated heterocycles. The number of Topliss-reactive ketones (excluding diaryl/α,β-unsaturated/α-hetero) is 2. The van der Waals surface area contributed by atoms with Crippen LogP contribution in [-0.4, -0.2) is 37.0 Å². The molecule has 0 unspecified atom stereocenters. The molecule has 8 nitrogen and oxygen atoms in total. The SMILES string of the molecule is Cc1c(C(=O)C(=O)CCc2cn(C3CC3)nn2)c(C)n(C)c1C(=O)Nc1ccc(F)c(F)c1. The molecule has 1 aliphatic carbocycles. The summed E-state index contributed by atoms with van der Waals surface area (Å²) in [5.41, 5.74) is 1.84. The van der Waals surface area contributed by atoms with E-state index < -0.39 is 29.1 Å². The molecule has 3 aromatic rings. The lowest BCUT2D eigenvalue weighted by Gasteiger charge is -2.08. The number of carbonyl (C=O) groups is 3. The number of nitrogens with one attached hydrogen (secondary N) is 1. The lowest BCUT2D eigenvalue weighted by molar-refractivity contribution is -0.115. The topological polar surface area (TPSA) is 98.9 Å². The Hall–Kier alpha value is -3.69. The maximum absolute atomic E-state index is 13.5. The van der Waals surface area contributed by atoms with E-state index >= 15 is 0 Å². The van der Waals surface area contributed by atoms with Gasteiger partial charge in [0.05, 0.1) is 17.3 Å². The number of hydrogen-bond acceptors (Lipinski definition) is 5. The van der Waals surface area contributed by atoms with Crippen LogP contribution in [0.2, 0.25) is 0 Å². The Morgan fingerprint density at radius 1 is 1.15 bits per heavy atom. The number of halogens is 2. The second-order valence-electron chi connectivity index (χ2n) is 8.25. The Balaban J connectivity index is 1.49. The van der Waals surface area contributed by atoms with Gasteiger partial charge in [-0.2, -0.15) is 0 Å². The number of anilines is 1. The van der Waals surface area contributed by atoms with Crippen LogP contribution in [0.15, 0.2) is 24.4 Å². The van der Waals surface area contributed by atoms with Crippen molar-refractivity contribution in [2.45, 2.75) is 45.6 Å². The smallest absolute Gasteiger partial charge is 0.272 e. The highest BCUT2D eigenvalue weighted by molar-refractivity contribution is 6.44. The molecule has 1 N–H and O–H groups in total. The summed E-state index contributed by atoms with van der Waals surface area (Å²) in [7, 11) is 1.60. The largest absolute Gasteiger partial charge is 0.343 e. The van der Waals surface area contributed by atoms with Crippen LogP contribution in [0, 0.1) is 25.5 Å². The number of carbonyl (C=O) groups excluding carboxylic acids is 3. The molecule has 172 valence electrons. The van der Waals surface area contributed by atoms with Gasteiger partial charge in [0, 0.05) is 43.5 Å². The van der Waals surface area contributed by atoms with Crippen molar-refractivity contribution in [1.29, 1.82) is 0 Å². The van der Waals surface area contributed by atoms with Crippen molar-refractivity contribution in [2.24, 2.45) is 7.05 Å². The van der Waals surface area contributed by atoms with Crippen molar-refractivity contribution >= 4 is 23.2 Å². The minimum Gasteiger partial charge on any atom is -0.343 e. The highest BCUT2D eigenvalue weighted by atomic mass is 19.2. The van der Waals surface area contributed by atoms with Gasteiger partial charge in [-0.3, -0.25) is 14.4 Å². The van der Waals surface area contributed by atoms with E-state index in [0.29, 0.717) is 29.4 Å². The number of amides is 1. The number of rotatable bonds is 8. The molecule has 0 spiro atoms. The molecule has 1 fully saturated rings. The zero-order valence-electron chi connectivity index (χ0n) is 18.5. The molecule has 0 aliphatic heterocycles. The van der Waals surface area contributed by atoms with Crippen molar-refractivity contribution < 1.29 is 23.2 Å². The zero-order valence-corrected chi connectivity index (χ0v) is 18.5. The van der Waals surface area contributed by atoms with Crippen LogP contribution in [0.5, 0.6) is 0 Å². The number of aryl methyl sites for hydroxylation is 1. The Labute approximate surface area is 188 Å². The van der Waals surface area contributed by atoms with Crippen LogP contribution in [-0.2, 0) is 18.3 Å². The molecule has 0 bridgehead atoms. The molecule has 1 aromatic carbocycles. The molecule has 33 heavy (non-hydrogen) atoms. The highest BCUT2D eigenvalue weighted by Crippen LogP contribution is 2.33. The Bertz CT molecular complexity index is 1270. The van der Waals surface area contributed by atoms with Gasteiger partial charge in [0.15, 0.2) is 11.6 Å². The molecular weight excluding hydrogens is 432 g/mol. The van der Waals surface area contributed by atoms with E-state index in [1.807, 2.05) is 0 Å². The molecule has 4 rings (SSSR count). The second kappa shape index (κ2) is 8.68. The van der Waals surface area contributed by atoms with Gasteiger partial charge >= 0.3 is 0 Å². The van der Waals surface area contributed by atoms with Crippen LogP contribution in [0.4, 0.5) is 14.5 Å².